The van der Waals surface area contributed by atoms with Gasteiger partial charge in [-0.1, -0.05) is 18.6 Å². The first-order valence-corrected chi connectivity index (χ1v) is 6.95. The van der Waals surface area contributed by atoms with Gasteiger partial charge in [-0.3, -0.25) is 9.69 Å². The molecule has 0 aromatic heterocycles. The SMILES string of the molecule is CC(CNC(=O)c1ccccc1F)N1CCCCC1. The van der Waals surface area contributed by atoms with E-state index in [2.05, 4.69) is 17.1 Å². The van der Waals surface area contributed by atoms with Crippen LogP contribution in [-0.4, -0.2) is 36.5 Å². The Morgan fingerprint density at radius 2 is 2.00 bits per heavy atom. The number of likely N-dealkylation sites (tertiary alicyclic amines) is 1. The van der Waals surface area contributed by atoms with E-state index in [1.54, 1.807) is 12.1 Å². The molecule has 1 N–H and O–H groups in total. The van der Waals surface area contributed by atoms with Crippen molar-refractivity contribution >= 4 is 5.91 Å². The summed E-state index contributed by atoms with van der Waals surface area (Å²) in [5.41, 5.74) is 0.119. The van der Waals surface area contributed by atoms with Crippen molar-refractivity contribution < 1.29 is 9.18 Å². The summed E-state index contributed by atoms with van der Waals surface area (Å²) >= 11 is 0. The van der Waals surface area contributed by atoms with Gasteiger partial charge < -0.3 is 5.32 Å². The molecule has 0 radical (unpaired) electrons. The smallest absolute Gasteiger partial charge is 0.254 e. The summed E-state index contributed by atoms with van der Waals surface area (Å²) in [4.78, 5) is 14.3. The second-order valence-electron chi connectivity index (χ2n) is 5.14. The number of halogens is 1. The number of hydrogen-bond donors (Lipinski definition) is 1. The maximum Gasteiger partial charge on any atom is 0.254 e. The molecule has 1 aliphatic rings. The van der Waals surface area contributed by atoms with Gasteiger partial charge in [0.05, 0.1) is 5.56 Å². The highest BCUT2D eigenvalue weighted by Gasteiger charge is 2.18. The first-order valence-electron chi connectivity index (χ1n) is 6.95. The maximum atomic E-state index is 13.4. The maximum absolute atomic E-state index is 13.4. The Labute approximate surface area is 113 Å². The number of amides is 1. The van der Waals surface area contributed by atoms with E-state index >= 15 is 0 Å². The molecule has 1 fully saturated rings. The molecule has 1 atom stereocenters. The molecular formula is C15H21FN2O. The molecule has 4 heteroatoms. The van der Waals surface area contributed by atoms with Crippen molar-refractivity contribution in [1.82, 2.24) is 10.2 Å². The molecule has 3 nitrogen and oxygen atoms in total. The molecule has 1 aromatic rings. The third-order valence-electron chi connectivity index (χ3n) is 3.69. The van der Waals surface area contributed by atoms with Crippen LogP contribution in [0.2, 0.25) is 0 Å². The second-order valence-corrected chi connectivity index (χ2v) is 5.14. The monoisotopic (exact) mass is 264 g/mol. The number of hydrogen-bond acceptors (Lipinski definition) is 2. The van der Waals surface area contributed by atoms with Gasteiger partial charge in [-0.2, -0.15) is 0 Å². The van der Waals surface area contributed by atoms with Crippen LogP contribution < -0.4 is 5.32 Å². The van der Waals surface area contributed by atoms with E-state index in [0.29, 0.717) is 12.6 Å². The average molecular weight is 264 g/mol. The van der Waals surface area contributed by atoms with Gasteiger partial charge in [0.1, 0.15) is 5.82 Å². The van der Waals surface area contributed by atoms with Crippen LogP contribution in [0.1, 0.15) is 36.5 Å². The third-order valence-corrected chi connectivity index (χ3v) is 3.69. The predicted octanol–water partition coefficient (Wildman–Crippen LogP) is 2.43. The molecule has 0 bridgehead atoms. The fourth-order valence-electron chi connectivity index (χ4n) is 2.47. The van der Waals surface area contributed by atoms with Gasteiger partial charge in [-0.25, -0.2) is 4.39 Å². The minimum Gasteiger partial charge on any atom is -0.350 e. The van der Waals surface area contributed by atoms with Crippen LogP contribution in [-0.2, 0) is 0 Å². The van der Waals surface area contributed by atoms with Gasteiger partial charge in [-0.15, -0.1) is 0 Å². The van der Waals surface area contributed by atoms with E-state index in [1.807, 2.05) is 0 Å². The number of piperidine rings is 1. The quantitative estimate of drug-likeness (QED) is 0.906. The average Bonchev–Trinajstić information content (AvgIpc) is 2.46. The van der Waals surface area contributed by atoms with E-state index in [9.17, 15) is 9.18 Å². The van der Waals surface area contributed by atoms with Crippen LogP contribution in [0.15, 0.2) is 24.3 Å². The Morgan fingerprint density at radius 1 is 1.32 bits per heavy atom. The van der Waals surface area contributed by atoms with Crippen molar-refractivity contribution in [3.8, 4) is 0 Å². The molecule has 0 aliphatic carbocycles. The van der Waals surface area contributed by atoms with E-state index in [-0.39, 0.29) is 11.5 Å². The summed E-state index contributed by atoms with van der Waals surface area (Å²) in [5.74, 6) is -0.799. The van der Waals surface area contributed by atoms with Crippen LogP contribution in [0.5, 0.6) is 0 Å². The van der Waals surface area contributed by atoms with Crippen molar-refractivity contribution in [1.29, 1.82) is 0 Å². The van der Waals surface area contributed by atoms with E-state index in [4.69, 9.17) is 0 Å². The van der Waals surface area contributed by atoms with Crippen LogP contribution in [0.4, 0.5) is 4.39 Å². The topological polar surface area (TPSA) is 32.3 Å². The van der Waals surface area contributed by atoms with Crippen molar-refractivity contribution in [2.45, 2.75) is 32.2 Å². The zero-order valence-corrected chi connectivity index (χ0v) is 11.4. The molecule has 0 spiro atoms. The molecule has 2 rings (SSSR count). The van der Waals surface area contributed by atoms with Gasteiger partial charge in [0.15, 0.2) is 0 Å². The highest BCUT2D eigenvalue weighted by Crippen LogP contribution is 2.12. The fourth-order valence-corrected chi connectivity index (χ4v) is 2.47. The minimum atomic E-state index is -0.467. The number of rotatable bonds is 4. The summed E-state index contributed by atoms with van der Waals surface area (Å²) in [6, 6.07) is 6.38. The van der Waals surface area contributed by atoms with Crippen LogP contribution in [0, 0.1) is 5.82 Å². The summed E-state index contributed by atoms with van der Waals surface area (Å²) in [7, 11) is 0. The third kappa shape index (κ3) is 3.77. The Balaban J connectivity index is 1.84. The fraction of sp³-hybridized carbons (Fsp3) is 0.533. The predicted molar refractivity (Wildman–Crippen MR) is 73.6 cm³/mol. The van der Waals surface area contributed by atoms with Crippen LogP contribution in [0.25, 0.3) is 0 Å². The van der Waals surface area contributed by atoms with Gasteiger partial charge in [0.2, 0.25) is 0 Å². The highest BCUT2D eigenvalue weighted by atomic mass is 19.1. The molecule has 1 aromatic carbocycles. The van der Waals surface area contributed by atoms with Crippen molar-refractivity contribution in [3.05, 3.63) is 35.6 Å². The first-order chi connectivity index (χ1) is 9.18. The summed E-state index contributed by atoms with van der Waals surface area (Å²) in [6.07, 6.45) is 3.75. The van der Waals surface area contributed by atoms with Crippen molar-refractivity contribution in [2.75, 3.05) is 19.6 Å². The largest absolute Gasteiger partial charge is 0.350 e. The standard InChI is InChI=1S/C15H21FN2O/c1-12(18-9-5-2-6-10-18)11-17-15(19)13-7-3-4-8-14(13)16/h3-4,7-8,12H,2,5-6,9-11H2,1H3,(H,17,19). The van der Waals surface area contributed by atoms with E-state index < -0.39 is 5.82 Å². The molecule has 1 unspecified atom stereocenters. The molecule has 1 saturated heterocycles. The second kappa shape index (κ2) is 6.66. The summed E-state index contributed by atoms with van der Waals surface area (Å²) < 4.78 is 13.4. The molecule has 0 saturated carbocycles. The lowest BCUT2D eigenvalue weighted by atomic mass is 10.1. The zero-order valence-electron chi connectivity index (χ0n) is 11.4. The normalized spacial score (nSPS) is 18.0. The van der Waals surface area contributed by atoms with E-state index in [1.165, 1.54) is 31.4 Å². The summed E-state index contributed by atoms with van der Waals surface area (Å²) in [5, 5.41) is 2.82. The lowest BCUT2D eigenvalue weighted by molar-refractivity contribution is 0.0926. The molecular weight excluding hydrogens is 243 g/mol. The highest BCUT2D eigenvalue weighted by molar-refractivity contribution is 5.94. The molecule has 104 valence electrons. The molecule has 1 aliphatic heterocycles. The number of nitrogens with one attached hydrogen (secondary N) is 1. The number of carbonyl (C=O) groups excluding carboxylic acids is 1. The Bertz CT molecular complexity index is 430. The zero-order chi connectivity index (χ0) is 13.7. The molecule has 1 heterocycles. The summed E-state index contributed by atoms with van der Waals surface area (Å²) in [6.45, 7) is 4.85. The van der Waals surface area contributed by atoms with Gasteiger partial charge >= 0.3 is 0 Å². The van der Waals surface area contributed by atoms with E-state index in [0.717, 1.165) is 13.1 Å². The van der Waals surface area contributed by atoms with Gasteiger partial charge in [0, 0.05) is 12.6 Å². The minimum absolute atomic E-state index is 0.119. The van der Waals surface area contributed by atoms with Crippen molar-refractivity contribution in [3.63, 3.8) is 0 Å². The lowest BCUT2D eigenvalue weighted by Gasteiger charge is -2.32. The van der Waals surface area contributed by atoms with Crippen LogP contribution >= 0.6 is 0 Å². The first kappa shape index (κ1) is 14.0. The number of benzene rings is 1. The number of carbonyl (C=O) groups is 1. The lowest BCUT2D eigenvalue weighted by Crippen LogP contribution is -2.44. The van der Waals surface area contributed by atoms with Gasteiger partial charge in [-0.05, 0) is 45.0 Å². The van der Waals surface area contributed by atoms with Crippen molar-refractivity contribution in [2.24, 2.45) is 0 Å². The Kier molecular flexibility index (Phi) is 4.91. The van der Waals surface area contributed by atoms with Crippen LogP contribution in [0.3, 0.4) is 0 Å². The number of nitrogens with zero attached hydrogens (tertiary/aromatic N) is 1. The Hall–Kier alpha value is -1.42. The Morgan fingerprint density at radius 3 is 2.68 bits per heavy atom. The molecule has 1 amide bonds. The van der Waals surface area contributed by atoms with Gasteiger partial charge in [0.25, 0.3) is 5.91 Å². The molecule has 19 heavy (non-hydrogen) atoms.